The van der Waals surface area contributed by atoms with E-state index in [0.29, 0.717) is 12.0 Å². The van der Waals surface area contributed by atoms with Crippen molar-refractivity contribution in [3.05, 3.63) is 29.6 Å². The minimum absolute atomic E-state index is 0.157. The number of ether oxygens (including phenoxy) is 1. The molecule has 2 rings (SSSR count). The Morgan fingerprint density at radius 3 is 3.12 bits per heavy atom. The molecule has 1 aromatic rings. The van der Waals surface area contributed by atoms with Crippen molar-refractivity contribution in [1.29, 1.82) is 0 Å². The van der Waals surface area contributed by atoms with Crippen molar-refractivity contribution in [2.75, 3.05) is 6.54 Å². The highest BCUT2D eigenvalue weighted by Gasteiger charge is 2.30. The van der Waals surface area contributed by atoms with Gasteiger partial charge in [-0.05, 0) is 13.0 Å². The van der Waals surface area contributed by atoms with Crippen molar-refractivity contribution in [3.8, 4) is 5.75 Å². The second-order valence-corrected chi connectivity index (χ2v) is 4.13. The van der Waals surface area contributed by atoms with E-state index in [0.717, 1.165) is 0 Å². The van der Waals surface area contributed by atoms with Crippen LogP contribution >= 0.6 is 0 Å². The number of rotatable bonds is 3. The monoisotopic (exact) mass is 239 g/mol. The summed E-state index contributed by atoms with van der Waals surface area (Å²) in [6.07, 6.45) is -0.959. The van der Waals surface area contributed by atoms with Crippen LogP contribution in [0.1, 0.15) is 12.5 Å². The van der Waals surface area contributed by atoms with Crippen LogP contribution in [0.5, 0.6) is 5.75 Å². The summed E-state index contributed by atoms with van der Waals surface area (Å²) in [6.45, 7) is 1.74. The maximum absolute atomic E-state index is 13.3. The largest absolute Gasteiger partial charge is 0.477 e. The molecule has 1 aromatic carbocycles. The maximum atomic E-state index is 13.3. The lowest BCUT2D eigenvalue weighted by molar-refractivity contribution is -0.127. The Hall–Kier alpha value is -1.62. The molecule has 0 fully saturated rings. The van der Waals surface area contributed by atoms with Gasteiger partial charge in [0.15, 0.2) is 17.7 Å². The van der Waals surface area contributed by atoms with E-state index in [-0.39, 0.29) is 18.2 Å². The van der Waals surface area contributed by atoms with Crippen LogP contribution in [0.25, 0.3) is 0 Å². The van der Waals surface area contributed by atoms with Gasteiger partial charge in [0.2, 0.25) is 0 Å². The first-order chi connectivity index (χ1) is 8.08. The van der Waals surface area contributed by atoms with Crippen molar-refractivity contribution in [2.24, 2.45) is 0 Å². The van der Waals surface area contributed by atoms with Gasteiger partial charge in [-0.3, -0.25) is 4.79 Å². The lowest BCUT2D eigenvalue weighted by atomic mass is 10.1. The van der Waals surface area contributed by atoms with Gasteiger partial charge in [0.25, 0.3) is 5.91 Å². The van der Waals surface area contributed by atoms with Gasteiger partial charge in [0, 0.05) is 18.5 Å². The number of nitrogens with one attached hydrogen (secondary N) is 1. The molecule has 1 aliphatic heterocycles. The molecule has 0 aliphatic carbocycles. The number of carbonyl (C=O) groups excluding carboxylic acids is 1. The number of halogens is 1. The van der Waals surface area contributed by atoms with E-state index in [1.54, 1.807) is 19.1 Å². The lowest BCUT2D eigenvalue weighted by Crippen LogP contribution is -2.40. The molecule has 0 bridgehead atoms. The average Bonchev–Trinajstić information content (AvgIpc) is 2.71. The first kappa shape index (κ1) is 11.9. The predicted molar refractivity (Wildman–Crippen MR) is 59.2 cm³/mol. The Morgan fingerprint density at radius 2 is 2.47 bits per heavy atom. The maximum Gasteiger partial charge on any atom is 0.261 e. The third-order valence-electron chi connectivity index (χ3n) is 2.58. The number of para-hydroxylation sites is 1. The molecule has 0 aromatic heterocycles. The van der Waals surface area contributed by atoms with E-state index < -0.39 is 18.0 Å². The molecule has 0 spiro atoms. The molecule has 0 radical (unpaired) electrons. The first-order valence-electron chi connectivity index (χ1n) is 5.47. The molecule has 17 heavy (non-hydrogen) atoms. The Morgan fingerprint density at radius 1 is 1.71 bits per heavy atom. The van der Waals surface area contributed by atoms with Crippen LogP contribution in [-0.2, 0) is 11.2 Å². The van der Waals surface area contributed by atoms with E-state index in [9.17, 15) is 9.18 Å². The van der Waals surface area contributed by atoms with Crippen molar-refractivity contribution >= 4 is 5.91 Å². The summed E-state index contributed by atoms with van der Waals surface area (Å²) in [6, 6.07) is 4.63. The van der Waals surface area contributed by atoms with Gasteiger partial charge in [-0.2, -0.15) is 0 Å². The fourth-order valence-corrected chi connectivity index (χ4v) is 1.74. The summed E-state index contributed by atoms with van der Waals surface area (Å²) in [7, 11) is 0. The van der Waals surface area contributed by atoms with Gasteiger partial charge >= 0.3 is 0 Å². The van der Waals surface area contributed by atoms with Gasteiger partial charge in [0.1, 0.15) is 0 Å². The van der Waals surface area contributed by atoms with Crippen LogP contribution in [0.15, 0.2) is 18.2 Å². The predicted octanol–water partition coefficient (Wildman–Crippen LogP) is 0.626. The molecular formula is C12H14FNO3. The summed E-state index contributed by atoms with van der Waals surface area (Å²) >= 11 is 0. The number of fused-ring (bicyclic) bond motifs is 1. The standard InChI is InChI=1S/C12H14FNO3/c1-7(15)6-14-12(16)10-5-8-3-2-4-9(13)11(8)17-10/h2-4,7,10,15H,5-6H2,1H3,(H,14,16). The zero-order chi connectivity index (χ0) is 12.4. The highest BCUT2D eigenvalue weighted by Crippen LogP contribution is 2.31. The summed E-state index contributed by atoms with van der Waals surface area (Å²) < 4.78 is 18.6. The topological polar surface area (TPSA) is 58.6 Å². The molecule has 4 nitrogen and oxygen atoms in total. The van der Waals surface area contributed by atoms with Gasteiger partial charge in [-0.25, -0.2) is 4.39 Å². The van der Waals surface area contributed by atoms with E-state index in [1.165, 1.54) is 6.07 Å². The van der Waals surface area contributed by atoms with Crippen LogP contribution in [0, 0.1) is 5.82 Å². The third-order valence-corrected chi connectivity index (χ3v) is 2.58. The zero-order valence-electron chi connectivity index (χ0n) is 9.44. The van der Waals surface area contributed by atoms with Crippen LogP contribution in [0.2, 0.25) is 0 Å². The number of benzene rings is 1. The number of aliphatic hydroxyl groups is 1. The normalized spacial score (nSPS) is 19.4. The first-order valence-corrected chi connectivity index (χ1v) is 5.47. The quantitative estimate of drug-likeness (QED) is 0.813. The highest BCUT2D eigenvalue weighted by molar-refractivity contribution is 5.82. The molecule has 92 valence electrons. The number of hydrogen-bond acceptors (Lipinski definition) is 3. The molecule has 2 unspecified atom stereocenters. The van der Waals surface area contributed by atoms with E-state index in [1.807, 2.05) is 0 Å². The Balaban J connectivity index is 2.00. The molecule has 1 aliphatic rings. The minimum Gasteiger partial charge on any atom is -0.477 e. The van der Waals surface area contributed by atoms with Gasteiger partial charge in [0.05, 0.1) is 6.10 Å². The molecule has 1 amide bonds. The number of hydrogen-bond donors (Lipinski definition) is 2. The van der Waals surface area contributed by atoms with Crippen LogP contribution in [-0.4, -0.2) is 29.8 Å². The molecule has 2 atom stereocenters. The summed E-state index contributed by atoms with van der Waals surface area (Å²) in [4.78, 5) is 11.7. The molecule has 5 heteroatoms. The molecule has 2 N–H and O–H groups in total. The van der Waals surface area contributed by atoms with Crippen molar-refractivity contribution in [3.63, 3.8) is 0 Å². The van der Waals surface area contributed by atoms with Crippen molar-refractivity contribution in [2.45, 2.75) is 25.6 Å². The van der Waals surface area contributed by atoms with Gasteiger partial charge in [-0.15, -0.1) is 0 Å². The second-order valence-electron chi connectivity index (χ2n) is 4.13. The fourth-order valence-electron chi connectivity index (χ4n) is 1.74. The van der Waals surface area contributed by atoms with Gasteiger partial charge in [-0.1, -0.05) is 12.1 Å². The van der Waals surface area contributed by atoms with Crippen LogP contribution in [0.3, 0.4) is 0 Å². The smallest absolute Gasteiger partial charge is 0.261 e. The van der Waals surface area contributed by atoms with Crippen molar-refractivity contribution in [1.82, 2.24) is 5.32 Å². The van der Waals surface area contributed by atoms with E-state index in [4.69, 9.17) is 9.84 Å². The molecular weight excluding hydrogens is 225 g/mol. The number of carbonyl (C=O) groups is 1. The summed E-state index contributed by atoms with van der Waals surface area (Å²) in [5, 5.41) is 11.6. The summed E-state index contributed by atoms with van der Waals surface area (Å²) in [5.74, 6) is -0.625. The molecule has 1 heterocycles. The van der Waals surface area contributed by atoms with Crippen LogP contribution < -0.4 is 10.1 Å². The Labute approximate surface area is 98.4 Å². The van der Waals surface area contributed by atoms with Crippen LogP contribution in [0.4, 0.5) is 4.39 Å². The minimum atomic E-state index is -0.708. The fraction of sp³-hybridized carbons (Fsp3) is 0.417. The lowest BCUT2D eigenvalue weighted by Gasteiger charge is -2.12. The Bertz CT molecular complexity index is 434. The second kappa shape index (κ2) is 4.71. The highest BCUT2D eigenvalue weighted by atomic mass is 19.1. The van der Waals surface area contributed by atoms with Crippen molar-refractivity contribution < 1.29 is 19.0 Å². The average molecular weight is 239 g/mol. The van der Waals surface area contributed by atoms with E-state index >= 15 is 0 Å². The number of aliphatic hydroxyl groups excluding tert-OH is 1. The Kier molecular flexibility index (Phi) is 3.28. The number of amides is 1. The van der Waals surface area contributed by atoms with E-state index in [2.05, 4.69) is 5.32 Å². The summed E-state index contributed by atoms with van der Waals surface area (Å²) in [5.41, 5.74) is 0.696. The third kappa shape index (κ3) is 2.55. The SMILES string of the molecule is CC(O)CNC(=O)C1Cc2cccc(F)c2O1. The zero-order valence-corrected chi connectivity index (χ0v) is 9.44. The van der Waals surface area contributed by atoms with Gasteiger partial charge < -0.3 is 15.2 Å². The molecule has 0 saturated carbocycles. The molecule has 0 saturated heterocycles.